The monoisotopic (exact) mass is 448 g/mol. The normalized spacial score (nSPS) is 48.0. The average Bonchev–Trinajstić information content (AvgIpc) is 2.92. The van der Waals surface area contributed by atoms with Gasteiger partial charge in [-0.15, -0.1) is 0 Å². The first-order valence-corrected chi connectivity index (χ1v) is 16.0. The SMILES string of the molecule is CC(=O)[C@H]1C[C@@H](O)[C@H]2[C@@H]3CC[C@H]4C[C@@H](O[Si](C)(C)C(C)(C)C)CC[C@]4(C)[C@H]3CC[C@@]21C. The number of carbonyl (C=O) groups is 1. The van der Waals surface area contributed by atoms with Crippen molar-refractivity contribution in [3.63, 3.8) is 0 Å². The molecule has 0 aromatic rings. The summed E-state index contributed by atoms with van der Waals surface area (Å²) in [5.74, 6) is 2.73. The van der Waals surface area contributed by atoms with Crippen molar-refractivity contribution in [1.82, 2.24) is 0 Å². The number of Topliss-reactive ketones (excluding diaryl/α,β-unsaturated/α-hetero) is 1. The lowest BCUT2D eigenvalue weighted by Gasteiger charge is -2.61. The number of fused-ring (bicyclic) bond motifs is 5. The minimum atomic E-state index is -1.73. The fourth-order valence-corrected chi connectivity index (χ4v) is 10.0. The molecule has 9 atom stereocenters. The topological polar surface area (TPSA) is 46.5 Å². The molecule has 4 saturated carbocycles. The van der Waals surface area contributed by atoms with Crippen molar-refractivity contribution >= 4 is 14.1 Å². The maximum atomic E-state index is 12.4. The minimum absolute atomic E-state index is 0.0122. The Morgan fingerprint density at radius 1 is 1.00 bits per heavy atom. The standard InChI is InChI=1S/C27H48O3Si/c1-17(28)22-16-23(29)24-20-10-9-18-15-19(30-31(7,8)25(2,3)4)11-13-26(18,5)21(20)12-14-27(22,24)6/h18-24,29H,9-16H2,1-8H3/t18-,19-,20+,21-,22+,23+,24+,26-,27+/m0/s1. The molecule has 0 heterocycles. The van der Waals surface area contributed by atoms with Crippen LogP contribution in [0.25, 0.3) is 0 Å². The van der Waals surface area contributed by atoms with Crippen molar-refractivity contribution in [2.45, 2.75) is 123 Å². The van der Waals surface area contributed by atoms with Gasteiger partial charge in [-0.1, -0.05) is 34.6 Å². The zero-order valence-corrected chi connectivity index (χ0v) is 22.5. The van der Waals surface area contributed by atoms with Crippen LogP contribution in [0.2, 0.25) is 18.1 Å². The second-order valence-corrected chi connectivity index (χ2v) is 18.6. The Labute approximate surface area is 192 Å². The van der Waals surface area contributed by atoms with Crippen molar-refractivity contribution in [2.75, 3.05) is 0 Å². The number of aliphatic hydroxyl groups excluding tert-OH is 1. The molecule has 3 nitrogen and oxygen atoms in total. The summed E-state index contributed by atoms with van der Waals surface area (Å²) in [4.78, 5) is 12.4. The van der Waals surface area contributed by atoms with Gasteiger partial charge in [-0.25, -0.2) is 0 Å². The molecule has 0 radical (unpaired) electrons. The predicted molar refractivity (Wildman–Crippen MR) is 129 cm³/mol. The van der Waals surface area contributed by atoms with Crippen LogP contribution in [0, 0.1) is 40.4 Å². The first kappa shape index (κ1) is 23.9. The smallest absolute Gasteiger partial charge is 0.192 e. The van der Waals surface area contributed by atoms with Crippen LogP contribution >= 0.6 is 0 Å². The third kappa shape index (κ3) is 3.71. The summed E-state index contributed by atoms with van der Waals surface area (Å²) in [6.07, 6.45) is 9.42. The molecule has 4 heteroatoms. The van der Waals surface area contributed by atoms with Crippen molar-refractivity contribution < 1.29 is 14.3 Å². The Kier molecular flexibility index (Phi) is 5.92. The summed E-state index contributed by atoms with van der Waals surface area (Å²) in [6, 6.07) is 0. The summed E-state index contributed by atoms with van der Waals surface area (Å²) in [7, 11) is -1.73. The lowest BCUT2D eigenvalue weighted by atomic mass is 9.44. The summed E-state index contributed by atoms with van der Waals surface area (Å²) < 4.78 is 6.88. The molecule has 4 aliphatic carbocycles. The largest absolute Gasteiger partial charge is 0.414 e. The molecule has 4 rings (SSSR count). The lowest BCUT2D eigenvalue weighted by molar-refractivity contribution is -0.145. The zero-order valence-electron chi connectivity index (χ0n) is 21.5. The van der Waals surface area contributed by atoms with E-state index in [1.807, 2.05) is 0 Å². The average molecular weight is 449 g/mol. The van der Waals surface area contributed by atoms with Crippen LogP contribution in [0.3, 0.4) is 0 Å². The maximum absolute atomic E-state index is 12.4. The molecule has 0 unspecified atom stereocenters. The fourth-order valence-electron chi connectivity index (χ4n) is 8.62. The highest BCUT2D eigenvalue weighted by Crippen LogP contribution is 2.67. The van der Waals surface area contributed by atoms with Gasteiger partial charge in [0.05, 0.1) is 6.10 Å². The first-order chi connectivity index (χ1) is 14.2. The maximum Gasteiger partial charge on any atom is 0.192 e. The molecule has 0 bridgehead atoms. The highest BCUT2D eigenvalue weighted by molar-refractivity contribution is 6.74. The summed E-state index contributed by atoms with van der Waals surface area (Å²) in [5.41, 5.74) is 0.393. The first-order valence-electron chi connectivity index (χ1n) is 13.1. The van der Waals surface area contributed by atoms with Crippen LogP contribution in [-0.2, 0) is 9.22 Å². The van der Waals surface area contributed by atoms with Gasteiger partial charge in [0.2, 0.25) is 0 Å². The Balaban J connectivity index is 1.51. The van der Waals surface area contributed by atoms with E-state index in [0.717, 1.165) is 12.3 Å². The van der Waals surface area contributed by atoms with Crippen LogP contribution in [0.5, 0.6) is 0 Å². The molecule has 0 aromatic carbocycles. The van der Waals surface area contributed by atoms with Crippen LogP contribution in [0.4, 0.5) is 0 Å². The van der Waals surface area contributed by atoms with E-state index >= 15 is 0 Å². The fraction of sp³-hybridized carbons (Fsp3) is 0.963. The summed E-state index contributed by atoms with van der Waals surface area (Å²) >= 11 is 0. The van der Waals surface area contributed by atoms with Gasteiger partial charge in [0, 0.05) is 12.0 Å². The van der Waals surface area contributed by atoms with Crippen molar-refractivity contribution in [3.05, 3.63) is 0 Å². The quantitative estimate of drug-likeness (QED) is 0.495. The molecule has 1 N–H and O–H groups in total. The van der Waals surface area contributed by atoms with E-state index in [9.17, 15) is 9.90 Å². The number of hydrogen-bond acceptors (Lipinski definition) is 3. The molecule has 31 heavy (non-hydrogen) atoms. The van der Waals surface area contributed by atoms with E-state index in [-0.39, 0.29) is 22.5 Å². The Morgan fingerprint density at radius 2 is 1.65 bits per heavy atom. The van der Waals surface area contributed by atoms with Crippen LogP contribution in [0.15, 0.2) is 0 Å². The van der Waals surface area contributed by atoms with Crippen molar-refractivity contribution in [1.29, 1.82) is 0 Å². The molecule has 0 spiro atoms. The van der Waals surface area contributed by atoms with Gasteiger partial charge >= 0.3 is 0 Å². The zero-order chi connectivity index (χ0) is 23.0. The van der Waals surface area contributed by atoms with Crippen molar-refractivity contribution in [3.8, 4) is 0 Å². The van der Waals surface area contributed by atoms with Crippen LogP contribution in [-0.4, -0.2) is 31.4 Å². The van der Waals surface area contributed by atoms with Gasteiger partial charge in [0.15, 0.2) is 8.32 Å². The van der Waals surface area contributed by atoms with E-state index in [2.05, 4.69) is 47.7 Å². The van der Waals surface area contributed by atoms with E-state index in [1.54, 1.807) is 6.92 Å². The number of carbonyl (C=O) groups excluding carboxylic acids is 1. The predicted octanol–water partition coefficient (Wildman–Crippen LogP) is 6.60. The van der Waals surface area contributed by atoms with E-state index in [1.165, 1.54) is 38.5 Å². The van der Waals surface area contributed by atoms with E-state index < -0.39 is 8.32 Å². The minimum Gasteiger partial charge on any atom is -0.414 e. The molecule has 4 fully saturated rings. The van der Waals surface area contributed by atoms with Gasteiger partial charge < -0.3 is 9.53 Å². The summed E-state index contributed by atoms with van der Waals surface area (Å²) in [5, 5.41) is 11.4. The number of rotatable bonds is 3. The van der Waals surface area contributed by atoms with Gasteiger partial charge in [0.25, 0.3) is 0 Å². The van der Waals surface area contributed by atoms with Gasteiger partial charge in [0.1, 0.15) is 5.78 Å². The van der Waals surface area contributed by atoms with Gasteiger partial charge in [-0.3, -0.25) is 4.79 Å². The molecule has 4 aliphatic rings. The Morgan fingerprint density at radius 3 is 2.26 bits per heavy atom. The second kappa shape index (κ2) is 7.66. The Bertz CT molecular complexity index is 712. The van der Waals surface area contributed by atoms with Gasteiger partial charge in [-0.05, 0) is 111 Å². The number of ketones is 1. The molecule has 178 valence electrons. The molecule has 0 aromatic heterocycles. The third-order valence-corrected chi connectivity index (χ3v) is 15.9. The highest BCUT2D eigenvalue weighted by atomic mass is 28.4. The molecular formula is C27H48O3Si. The van der Waals surface area contributed by atoms with E-state index in [4.69, 9.17) is 4.43 Å². The van der Waals surface area contributed by atoms with Crippen LogP contribution < -0.4 is 0 Å². The van der Waals surface area contributed by atoms with Crippen molar-refractivity contribution in [2.24, 2.45) is 40.4 Å². The lowest BCUT2D eigenvalue weighted by Crippen LogP contribution is -2.56. The highest BCUT2D eigenvalue weighted by Gasteiger charge is 2.63. The third-order valence-electron chi connectivity index (χ3n) is 11.4. The molecule has 0 amide bonds. The number of aliphatic hydroxyl groups is 1. The van der Waals surface area contributed by atoms with Gasteiger partial charge in [-0.2, -0.15) is 0 Å². The molecular weight excluding hydrogens is 400 g/mol. The number of hydrogen-bond donors (Lipinski definition) is 1. The van der Waals surface area contributed by atoms with Crippen LogP contribution in [0.1, 0.15) is 92.9 Å². The molecule has 0 saturated heterocycles. The Hall–Kier alpha value is -0.193. The second-order valence-electron chi connectivity index (χ2n) is 13.9. The summed E-state index contributed by atoms with van der Waals surface area (Å²) in [6.45, 7) is 18.5. The molecule has 0 aliphatic heterocycles. The van der Waals surface area contributed by atoms with E-state index in [0.29, 0.717) is 41.5 Å².